The van der Waals surface area contributed by atoms with Gasteiger partial charge in [-0.25, -0.2) is 4.39 Å². The highest BCUT2D eigenvalue weighted by Gasteiger charge is 2.30. The molecule has 1 atom stereocenters. The van der Waals surface area contributed by atoms with E-state index in [1.54, 1.807) is 12.1 Å². The van der Waals surface area contributed by atoms with Crippen LogP contribution < -0.4 is 5.32 Å². The lowest BCUT2D eigenvalue weighted by atomic mass is 9.80. The molecule has 2 aliphatic rings. The largest absolute Gasteiger partial charge is 0.314 e. The van der Waals surface area contributed by atoms with Gasteiger partial charge < -0.3 is 5.32 Å². The predicted molar refractivity (Wildman–Crippen MR) is 80.2 cm³/mol. The third-order valence-corrected chi connectivity index (χ3v) is 4.85. The van der Waals surface area contributed by atoms with Gasteiger partial charge in [0.05, 0.1) is 0 Å². The number of rotatable bonds is 3. The molecular formula is C17H25FN2. The summed E-state index contributed by atoms with van der Waals surface area (Å²) in [5.74, 6) is 0.615. The molecule has 20 heavy (non-hydrogen) atoms. The Bertz CT molecular complexity index is 388. The minimum absolute atomic E-state index is 0.128. The van der Waals surface area contributed by atoms with E-state index in [9.17, 15) is 4.39 Å². The van der Waals surface area contributed by atoms with Crippen molar-refractivity contribution in [3.05, 3.63) is 35.6 Å². The Morgan fingerprint density at radius 1 is 1.00 bits per heavy atom. The van der Waals surface area contributed by atoms with E-state index >= 15 is 0 Å². The molecule has 0 bridgehead atoms. The smallest absolute Gasteiger partial charge is 0.123 e. The molecular weight excluding hydrogens is 251 g/mol. The van der Waals surface area contributed by atoms with E-state index in [1.807, 2.05) is 12.1 Å². The first-order valence-electron chi connectivity index (χ1n) is 8.05. The van der Waals surface area contributed by atoms with Gasteiger partial charge in [-0.05, 0) is 36.5 Å². The summed E-state index contributed by atoms with van der Waals surface area (Å²) in [7, 11) is 0. The molecule has 1 aromatic carbocycles. The fourth-order valence-electron chi connectivity index (χ4n) is 3.85. The highest BCUT2D eigenvalue weighted by atomic mass is 19.1. The van der Waals surface area contributed by atoms with Gasteiger partial charge in [0.2, 0.25) is 0 Å². The van der Waals surface area contributed by atoms with E-state index in [0.29, 0.717) is 6.04 Å². The lowest BCUT2D eigenvalue weighted by molar-refractivity contribution is 0.103. The molecule has 0 amide bonds. The number of piperazine rings is 1. The second-order valence-electron chi connectivity index (χ2n) is 6.18. The van der Waals surface area contributed by atoms with Crippen LogP contribution >= 0.6 is 0 Å². The standard InChI is InChI=1S/C17H25FN2/c18-16-8-6-15(7-9-16)17(14-4-2-1-3-5-14)20-12-10-19-11-13-20/h6-9,14,17,19H,1-5,10-13H2/t17-/m1/s1. The fourth-order valence-corrected chi connectivity index (χ4v) is 3.85. The Labute approximate surface area is 121 Å². The van der Waals surface area contributed by atoms with Crippen LogP contribution in [0.4, 0.5) is 4.39 Å². The fraction of sp³-hybridized carbons (Fsp3) is 0.647. The first-order chi connectivity index (χ1) is 9.84. The van der Waals surface area contributed by atoms with Gasteiger partial charge in [-0.3, -0.25) is 4.90 Å². The molecule has 0 radical (unpaired) electrons. The third-order valence-electron chi connectivity index (χ3n) is 4.85. The monoisotopic (exact) mass is 276 g/mol. The molecule has 0 aromatic heterocycles. The zero-order valence-electron chi connectivity index (χ0n) is 12.2. The van der Waals surface area contributed by atoms with E-state index in [1.165, 1.54) is 37.7 Å². The van der Waals surface area contributed by atoms with Gasteiger partial charge in [-0.1, -0.05) is 31.4 Å². The SMILES string of the molecule is Fc1ccc([C@@H](C2CCCCC2)N2CCNCC2)cc1. The van der Waals surface area contributed by atoms with Gasteiger partial charge in [0.25, 0.3) is 0 Å². The number of nitrogens with zero attached hydrogens (tertiary/aromatic N) is 1. The maximum atomic E-state index is 13.2. The molecule has 110 valence electrons. The summed E-state index contributed by atoms with van der Waals surface area (Å²) in [5.41, 5.74) is 1.31. The maximum absolute atomic E-state index is 13.2. The van der Waals surface area contributed by atoms with Gasteiger partial charge in [0.1, 0.15) is 5.82 Å². The highest BCUT2D eigenvalue weighted by Crippen LogP contribution is 2.38. The van der Waals surface area contributed by atoms with Crippen LogP contribution in [-0.2, 0) is 0 Å². The van der Waals surface area contributed by atoms with Crippen molar-refractivity contribution in [2.45, 2.75) is 38.1 Å². The van der Waals surface area contributed by atoms with E-state index in [-0.39, 0.29) is 5.82 Å². The Morgan fingerprint density at radius 3 is 2.30 bits per heavy atom. The molecule has 0 spiro atoms. The Hall–Kier alpha value is -0.930. The van der Waals surface area contributed by atoms with Gasteiger partial charge in [-0.15, -0.1) is 0 Å². The average Bonchev–Trinajstić information content (AvgIpc) is 2.52. The van der Waals surface area contributed by atoms with Crippen LogP contribution in [0.5, 0.6) is 0 Å². The molecule has 1 heterocycles. The van der Waals surface area contributed by atoms with Crippen molar-refractivity contribution in [2.75, 3.05) is 26.2 Å². The summed E-state index contributed by atoms with van der Waals surface area (Å²) in [6.07, 6.45) is 6.75. The summed E-state index contributed by atoms with van der Waals surface area (Å²) in [6.45, 7) is 4.37. The van der Waals surface area contributed by atoms with Crippen LogP contribution in [-0.4, -0.2) is 31.1 Å². The number of benzene rings is 1. The van der Waals surface area contributed by atoms with Crippen LogP contribution in [0.25, 0.3) is 0 Å². The topological polar surface area (TPSA) is 15.3 Å². The second kappa shape index (κ2) is 6.68. The van der Waals surface area contributed by atoms with Crippen LogP contribution in [0.15, 0.2) is 24.3 Å². The molecule has 1 saturated carbocycles. The lowest BCUT2D eigenvalue weighted by Gasteiger charge is -2.41. The number of hydrogen-bond donors (Lipinski definition) is 1. The van der Waals surface area contributed by atoms with E-state index in [4.69, 9.17) is 0 Å². The molecule has 3 heteroatoms. The minimum Gasteiger partial charge on any atom is -0.314 e. The highest BCUT2D eigenvalue weighted by molar-refractivity contribution is 5.21. The molecule has 1 aromatic rings. The molecule has 1 aliphatic carbocycles. The molecule has 2 fully saturated rings. The van der Waals surface area contributed by atoms with Crippen LogP contribution in [0.1, 0.15) is 43.7 Å². The quantitative estimate of drug-likeness (QED) is 0.910. The summed E-state index contributed by atoms with van der Waals surface area (Å²) in [6, 6.07) is 7.71. The first-order valence-corrected chi connectivity index (χ1v) is 8.05. The van der Waals surface area contributed by atoms with Crippen molar-refractivity contribution in [3.8, 4) is 0 Å². The van der Waals surface area contributed by atoms with Crippen molar-refractivity contribution in [2.24, 2.45) is 5.92 Å². The summed E-state index contributed by atoms with van der Waals surface area (Å²) in [5, 5.41) is 3.43. The summed E-state index contributed by atoms with van der Waals surface area (Å²) < 4.78 is 13.2. The number of hydrogen-bond acceptors (Lipinski definition) is 2. The van der Waals surface area contributed by atoms with Crippen molar-refractivity contribution in [1.29, 1.82) is 0 Å². The normalized spacial score (nSPS) is 23.6. The predicted octanol–water partition coefficient (Wildman–Crippen LogP) is 3.35. The molecule has 2 nitrogen and oxygen atoms in total. The molecule has 3 rings (SSSR count). The zero-order valence-corrected chi connectivity index (χ0v) is 12.2. The molecule has 1 saturated heterocycles. The maximum Gasteiger partial charge on any atom is 0.123 e. The van der Waals surface area contributed by atoms with E-state index in [0.717, 1.165) is 32.1 Å². The Balaban J connectivity index is 1.83. The van der Waals surface area contributed by atoms with Gasteiger partial charge in [0.15, 0.2) is 0 Å². The average molecular weight is 276 g/mol. The van der Waals surface area contributed by atoms with Gasteiger partial charge in [0, 0.05) is 32.2 Å². The summed E-state index contributed by atoms with van der Waals surface area (Å²) >= 11 is 0. The number of halogens is 1. The third kappa shape index (κ3) is 3.21. The van der Waals surface area contributed by atoms with E-state index < -0.39 is 0 Å². The Morgan fingerprint density at radius 2 is 1.65 bits per heavy atom. The molecule has 1 aliphatic heterocycles. The van der Waals surface area contributed by atoms with Crippen LogP contribution in [0.3, 0.4) is 0 Å². The van der Waals surface area contributed by atoms with Gasteiger partial charge in [-0.2, -0.15) is 0 Å². The van der Waals surface area contributed by atoms with Crippen LogP contribution in [0.2, 0.25) is 0 Å². The van der Waals surface area contributed by atoms with Gasteiger partial charge >= 0.3 is 0 Å². The van der Waals surface area contributed by atoms with Crippen molar-refractivity contribution < 1.29 is 4.39 Å². The van der Waals surface area contributed by atoms with Crippen molar-refractivity contribution in [1.82, 2.24) is 10.2 Å². The second-order valence-corrected chi connectivity index (χ2v) is 6.18. The van der Waals surface area contributed by atoms with Crippen molar-refractivity contribution in [3.63, 3.8) is 0 Å². The lowest BCUT2D eigenvalue weighted by Crippen LogP contribution is -2.47. The number of nitrogens with one attached hydrogen (secondary N) is 1. The van der Waals surface area contributed by atoms with Crippen molar-refractivity contribution >= 4 is 0 Å². The first kappa shape index (κ1) is 14.0. The zero-order chi connectivity index (χ0) is 13.8. The summed E-state index contributed by atoms with van der Waals surface area (Å²) in [4.78, 5) is 2.61. The molecule has 1 N–H and O–H groups in total. The Kier molecular flexibility index (Phi) is 4.69. The molecule has 0 unspecified atom stereocenters. The van der Waals surface area contributed by atoms with E-state index in [2.05, 4.69) is 10.2 Å². The van der Waals surface area contributed by atoms with Crippen LogP contribution in [0, 0.1) is 11.7 Å². The minimum atomic E-state index is -0.128.